The molecule has 3 heterocycles. The molecule has 2 bridgehead atoms. The van der Waals surface area contributed by atoms with Crippen molar-refractivity contribution in [2.45, 2.75) is 29.5 Å². The number of H-pyrrole nitrogens is 1. The highest BCUT2D eigenvalue weighted by atomic mass is 35.5. The van der Waals surface area contributed by atoms with Gasteiger partial charge in [-0.25, -0.2) is 4.79 Å². The number of carbonyl (C=O) groups is 3. The number of imide groups is 1. The van der Waals surface area contributed by atoms with Crippen molar-refractivity contribution in [3.8, 4) is 0 Å². The summed E-state index contributed by atoms with van der Waals surface area (Å²) >= 11 is 9.09. The van der Waals surface area contributed by atoms with Gasteiger partial charge in [-0.2, -0.15) is 0 Å². The normalized spacial score (nSPS) is 30.8. The van der Waals surface area contributed by atoms with Gasteiger partial charge in [-0.05, 0) is 73.1 Å². The number of aromatic amines is 1. The van der Waals surface area contributed by atoms with Gasteiger partial charge in [0, 0.05) is 21.1 Å². The summed E-state index contributed by atoms with van der Waals surface area (Å²) in [4.78, 5) is 57.3. The van der Waals surface area contributed by atoms with Gasteiger partial charge >= 0.3 is 10.8 Å². The molecular weight excluding hydrogens is 544 g/mol. The molecule has 2 aromatic carbocycles. The highest BCUT2D eigenvalue weighted by Crippen LogP contribution is 2.68. The van der Waals surface area contributed by atoms with Crippen molar-refractivity contribution in [2.24, 2.45) is 29.6 Å². The average Bonchev–Trinajstić information content (AvgIpc) is 3.64. The molecule has 1 aromatic heterocycles. The highest BCUT2D eigenvalue weighted by Gasteiger charge is 2.69. The molecule has 0 spiro atoms. The van der Waals surface area contributed by atoms with E-state index in [1.807, 2.05) is 24.3 Å². The Morgan fingerprint density at radius 2 is 1.71 bits per heavy atom. The minimum absolute atomic E-state index is 0.0331. The lowest BCUT2D eigenvalue weighted by Crippen LogP contribution is -2.42. The monoisotopic (exact) mass is 566 g/mol. The Morgan fingerprint density at radius 1 is 1.03 bits per heavy atom. The van der Waals surface area contributed by atoms with Crippen LogP contribution in [0.4, 0.5) is 5.69 Å². The van der Waals surface area contributed by atoms with E-state index in [1.54, 1.807) is 43.0 Å². The fourth-order valence-electron chi connectivity index (χ4n) is 7.28. The maximum absolute atomic E-state index is 13.9. The highest BCUT2D eigenvalue weighted by molar-refractivity contribution is 8.00. The smallest absolute Gasteiger partial charge is 0.338 e. The summed E-state index contributed by atoms with van der Waals surface area (Å²) in [7, 11) is 0. The van der Waals surface area contributed by atoms with E-state index >= 15 is 0 Å². The summed E-state index contributed by atoms with van der Waals surface area (Å²) in [5, 5.41) is 1.66. The average molecular weight is 567 g/mol. The number of carbonyl (C=O) groups excluding carboxylic acids is 3. The molecule has 2 aliphatic carbocycles. The van der Waals surface area contributed by atoms with Gasteiger partial charge in [-0.15, -0.1) is 11.8 Å². The lowest BCUT2D eigenvalue weighted by molar-refractivity contribution is -0.123. The molecule has 2 saturated carbocycles. The summed E-state index contributed by atoms with van der Waals surface area (Å²) in [6, 6.07) is 14.2. The molecule has 1 saturated heterocycles. The third-order valence-corrected chi connectivity index (χ3v) is 11.4. The lowest BCUT2D eigenvalue weighted by atomic mass is 9.68. The van der Waals surface area contributed by atoms with E-state index in [9.17, 15) is 19.2 Å². The third kappa shape index (κ3) is 3.41. The number of aromatic nitrogens is 1. The predicted molar refractivity (Wildman–Crippen MR) is 145 cm³/mol. The summed E-state index contributed by atoms with van der Waals surface area (Å²) in [6.45, 7) is 2.01. The molecule has 7 atom stereocenters. The van der Waals surface area contributed by atoms with Gasteiger partial charge in [-0.1, -0.05) is 35.1 Å². The molecule has 2 amide bonds. The molecule has 3 fully saturated rings. The Hall–Kier alpha value is -2.88. The fraction of sp³-hybridized carbons (Fsp3) is 0.357. The van der Waals surface area contributed by atoms with Crippen molar-refractivity contribution < 1.29 is 19.1 Å². The number of esters is 1. The molecule has 3 aromatic rings. The Kier molecular flexibility index (Phi) is 5.62. The van der Waals surface area contributed by atoms with Gasteiger partial charge in [0.15, 0.2) is 0 Å². The molecule has 0 radical (unpaired) electrons. The van der Waals surface area contributed by atoms with Crippen LogP contribution in [-0.2, 0) is 14.3 Å². The predicted octanol–water partition coefficient (Wildman–Crippen LogP) is 4.94. The van der Waals surface area contributed by atoms with Crippen LogP contribution in [0.5, 0.6) is 0 Å². The molecule has 4 aliphatic rings. The molecule has 7 rings (SSSR count). The number of thioether (sulfide) groups is 1. The lowest BCUT2D eigenvalue weighted by Gasteiger charge is -2.43. The zero-order valence-electron chi connectivity index (χ0n) is 20.3. The first-order valence-corrected chi connectivity index (χ1v) is 14.7. The zero-order valence-corrected chi connectivity index (χ0v) is 22.6. The topological polar surface area (TPSA) is 96.5 Å². The molecule has 0 unspecified atom stereocenters. The number of thiazole rings is 1. The van der Waals surface area contributed by atoms with Crippen molar-refractivity contribution in [1.82, 2.24) is 4.98 Å². The second kappa shape index (κ2) is 8.83. The second-order valence-corrected chi connectivity index (χ2v) is 12.9. The number of benzene rings is 2. The van der Waals surface area contributed by atoms with E-state index in [-0.39, 0.29) is 64.1 Å². The number of rotatable bonds is 4. The van der Waals surface area contributed by atoms with E-state index in [0.717, 1.165) is 21.9 Å². The first kappa shape index (κ1) is 24.2. The van der Waals surface area contributed by atoms with Crippen LogP contribution in [0.15, 0.2) is 58.4 Å². The first-order valence-electron chi connectivity index (χ1n) is 12.7. The second-order valence-electron chi connectivity index (χ2n) is 10.3. The number of halogens is 1. The van der Waals surface area contributed by atoms with Crippen molar-refractivity contribution in [1.29, 1.82) is 0 Å². The van der Waals surface area contributed by atoms with Gasteiger partial charge in [-0.3, -0.25) is 19.3 Å². The number of hydrogen-bond acceptors (Lipinski definition) is 7. The summed E-state index contributed by atoms with van der Waals surface area (Å²) < 4.78 is 5.05. The quantitative estimate of drug-likeness (QED) is 0.355. The third-order valence-electron chi connectivity index (χ3n) is 8.59. The van der Waals surface area contributed by atoms with Crippen LogP contribution in [0.25, 0.3) is 0 Å². The summed E-state index contributed by atoms with van der Waals surface area (Å²) in [5.41, 5.74) is 1.94. The minimum atomic E-state index is -0.437. The van der Waals surface area contributed by atoms with Crippen molar-refractivity contribution in [3.05, 3.63) is 79.2 Å². The van der Waals surface area contributed by atoms with Crippen LogP contribution >= 0.6 is 34.7 Å². The van der Waals surface area contributed by atoms with Gasteiger partial charge in [0.05, 0.1) is 34.7 Å². The Bertz CT molecular complexity index is 1530. The van der Waals surface area contributed by atoms with Crippen LogP contribution in [0, 0.1) is 29.6 Å². The number of anilines is 1. The van der Waals surface area contributed by atoms with Gasteiger partial charge in [0.2, 0.25) is 11.8 Å². The minimum Gasteiger partial charge on any atom is -0.462 e. The molecule has 38 heavy (non-hydrogen) atoms. The maximum Gasteiger partial charge on any atom is 0.338 e. The van der Waals surface area contributed by atoms with E-state index in [0.29, 0.717) is 16.3 Å². The molecule has 10 heteroatoms. The summed E-state index contributed by atoms with van der Waals surface area (Å²) in [5.74, 6) is -1.34. The van der Waals surface area contributed by atoms with E-state index in [4.69, 9.17) is 16.3 Å². The Labute approximate surface area is 231 Å². The number of nitrogens with zero attached hydrogens (tertiary/aromatic N) is 1. The number of hydrogen-bond donors (Lipinski definition) is 1. The molecule has 7 nitrogen and oxygen atoms in total. The summed E-state index contributed by atoms with van der Waals surface area (Å²) in [6.07, 6.45) is 0.827. The van der Waals surface area contributed by atoms with Crippen LogP contribution < -0.4 is 9.77 Å². The van der Waals surface area contributed by atoms with Crippen LogP contribution in [-0.4, -0.2) is 34.6 Å². The molecular formula is C28H23ClN2O5S2. The SMILES string of the molecule is CCOC(=O)c1ccc(N2C(=O)[C@@H]3[C@H]4C[C@@H]([C@@H]3C2=O)[C@@H]2[C@H](c3ccc(Cl)cc3)c3sc(=O)[nH]c3S[C@H]42)cc1. The van der Waals surface area contributed by atoms with Crippen molar-refractivity contribution in [2.75, 3.05) is 11.5 Å². The van der Waals surface area contributed by atoms with Gasteiger partial charge in [0.1, 0.15) is 0 Å². The van der Waals surface area contributed by atoms with Gasteiger partial charge in [0.25, 0.3) is 0 Å². The first-order chi connectivity index (χ1) is 18.4. The molecule has 2 aliphatic heterocycles. The maximum atomic E-state index is 13.9. The number of amides is 2. The Balaban J connectivity index is 1.25. The number of fused-ring (bicyclic) bond motifs is 9. The van der Waals surface area contributed by atoms with Crippen molar-refractivity contribution in [3.63, 3.8) is 0 Å². The largest absolute Gasteiger partial charge is 0.462 e. The van der Waals surface area contributed by atoms with E-state index in [2.05, 4.69) is 4.98 Å². The van der Waals surface area contributed by atoms with E-state index in [1.165, 1.54) is 16.2 Å². The van der Waals surface area contributed by atoms with E-state index < -0.39 is 5.97 Å². The molecule has 194 valence electrons. The van der Waals surface area contributed by atoms with Crippen LogP contribution in [0.1, 0.15) is 40.1 Å². The number of nitrogens with one attached hydrogen (secondary N) is 1. The van der Waals surface area contributed by atoms with Crippen molar-refractivity contribution >= 4 is 58.2 Å². The number of ether oxygens (including phenoxy) is 1. The molecule has 1 N–H and O–H groups in total. The standard InChI is InChI=1S/C28H23ClN2O5S2/c1-2-36-27(34)13-5-9-15(10-6-13)31-25(32)20-16-11-17(21(20)26(31)33)22-19(16)18(12-3-7-14(29)8-4-12)23-24(37-22)30-28(35)38-23/h3-10,16-22H,2,11H2,1H3,(H,30,35)/t16-,17-,18+,19-,20+,21-,22-/m1/s1. The van der Waals surface area contributed by atoms with Crippen LogP contribution in [0.2, 0.25) is 5.02 Å². The Morgan fingerprint density at radius 3 is 2.39 bits per heavy atom. The fourth-order valence-corrected chi connectivity index (χ4v) is 10.3. The zero-order chi connectivity index (χ0) is 26.3. The van der Waals surface area contributed by atoms with Gasteiger partial charge < -0.3 is 9.72 Å². The van der Waals surface area contributed by atoms with Crippen LogP contribution in [0.3, 0.4) is 0 Å².